The first kappa shape index (κ1) is 17.4. The molecule has 1 atom stereocenters. The quantitative estimate of drug-likeness (QED) is 0.877. The molecule has 0 aromatic carbocycles. The molecule has 1 aromatic heterocycles. The van der Waals surface area contributed by atoms with Crippen LogP contribution in [0.5, 0.6) is 0 Å². The lowest BCUT2D eigenvalue weighted by Crippen LogP contribution is -2.41. The van der Waals surface area contributed by atoms with E-state index in [9.17, 15) is 9.59 Å². The molecule has 1 saturated carbocycles. The van der Waals surface area contributed by atoms with Gasteiger partial charge in [-0.15, -0.1) is 0 Å². The van der Waals surface area contributed by atoms with Crippen LogP contribution in [-0.4, -0.2) is 23.8 Å². The van der Waals surface area contributed by atoms with E-state index in [4.69, 9.17) is 4.98 Å². The van der Waals surface area contributed by atoms with Crippen molar-refractivity contribution in [2.24, 2.45) is 5.92 Å². The maximum Gasteiger partial charge on any atom is 0.248 e. The van der Waals surface area contributed by atoms with Crippen molar-refractivity contribution in [3.05, 3.63) is 29.6 Å². The topological polar surface area (TPSA) is 71.1 Å². The van der Waals surface area contributed by atoms with E-state index in [0.717, 1.165) is 18.5 Å². The molecule has 1 aromatic rings. The fourth-order valence-corrected chi connectivity index (χ4v) is 2.98. The predicted octanol–water partition coefficient (Wildman–Crippen LogP) is 2.69. The lowest BCUT2D eigenvalue weighted by Gasteiger charge is -2.23. The van der Waals surface area contributed by atoms with Crippen LogP contribution in [0.3, 0.4) is 0 Å². The lowest BCUT2D eigenvalue weighted by atomic mass is 9.86. The molecule has 0 radical (unpaired) electrons. The zero-order chi connectivity index (χ0) is 16.8. The van der Waals surface area contributed by atoms with Crippen molar-refractivity contribution in [3.8, 4) is 0 Å². The van der Waals surface area contributed by atoms with Crippen LogP contribution in [0.1, 0.15) is 69.3 Å². The number of hydrogen-bond acceptors (Lipinski definition) is 3. The van der Waals surface area contributed by atoms with E-state index in [2.05, 4.69) is 10.6 Å². The van der Waals surface area contributed by atoms with E-state index in [0.29, 0.717) is 11.6 Å². The molecule has 126 valence electrons. The molecular weight excluding hydrogens is 290 g/mol. The van der Waals surface area contributed by atoms with E-state index < -0.39 is 6.04 Å². The van der Waals surface area contributed by atoms with Gasteiger partial charge in [0.05, 0.1) is 5.69 Å². The van der Waals surface area contributed by atoms with Crippen LogP contribution < -0.4 is 10.6 Å². The van der Waals surface area contributed by atoms with Gasteiger partial charge in [-0.2, -0.15) is 0 Å². The zero-order valence-electron chi connectivity index (χ0n) is 14.3. The predicted molar refractivity (Wildman–Crippen MR) is 89.9 cm³/mol. The maximum absolute atomic E-state index is 12.2. The zero-order valence-corrected chi connectivity index (χ0v) is 14.3. The SMILES string of the molecule is CNC(=O)C(NC(=O)C(C)C)c1cccc(C2CCCCC2)n1. The Balaban J connectivity index is 2.23. The van der Waals surface area contributed by atoms with Crippen molar-refractivity contribution >= 4 is 11.8 Å². The second kappa shape index (κ2) is 8.09. The average molecular weight is 317 g/mol. The fraction of sp³-hybridized carbons (Fsp3) is 0.611. The van der Waals surface area contributed by atoms with Gasteiger partial charge in [0.25, 0.3) is 0 Å². The van der Waals surface area contributed by atoms with Gasteiger partial charge in [0.2, 0.25) is 11.8 Å². The van der Waals surface area contributed by atoms with E-state index in [1.54, 1.807) is 7.05 Å². The molecule has 0 spiro atoms. The van der Waals surface area contributed by atoms with Crippen molar-refractivity contribution in [1.29, 1.82) is 0 Å². The van der Waals surface area contributed by atoms with Gasteiger partial charge in [0.15, 0.2) is 6.04 Å². The fourth-order valence-electron chi connectivity index (χ4n) is 2.98. The van der Waals surface area contributed by atoms with Crippen LogP contribution in [-0.2, 0) is 9.59 Å². The number of hydrogen-bond donors (Lipinski definition) is 2. The molecule has 2 amide bonds. The Labute approximate surface area is 138 Å². The van der Waals surface area contributed by atoms with Crippen molar-refractivity contribution in [2.75, 3.05) is 7.05 Å². The molecule has 1 aliphatic carbocycles. The Morgan fingerprint density at radius 1 is 1.13 bits per heavy atom. The standard InChI is InChI=1S/C18H27N3O2/c1-12(2)17(22)21-16(18(23)19-3)15-11-7-10-14(20-15)13-8-5-4-6-9-13/h7,10-13,16H,4-6,8-9H2,1-3H3,(H,19,23)(H,21,22). The summed E-state index contributed by atoms with van der Waals surface area (Å²) in [6, 6.07) is 5.04. The summed E-state index contributed by atoms with van der Waals surface area (Å²) in [5.41, 5.74) is 1.65. The Morgan fingerprint density at radius 2 is 1.83 bits per heavy atom. The highest BCUT2D eigenvalue weighted by Gasteiger charge is 2.25. The highest BCUT2D eigenvalue weighted by Crippen LogP contribution is 2.32. The first-order valence-electron chi connectivity index (χ1n) is 8.51. The summed E-state index contributed by atoms with van der Waals surface area (Å²) in [4.78, 5) is 28.9. The Hall–Kier alpha value is -1.91. The van der Waals surface area contributed by atoms with Crippen molar-refractivity contribution in [3.63, 3.8) is 0 Å². The van der Waals surface area contributed by atoms with Gasteiger partial charge in [0, 0.05) is 24.6 Å². The second-order valence-electron chi connectivity index (χ2n) is 6.53. The van der Waals surface area contributed by atoms with Gasteiger partial charge in [-0.25, -0.2) is 0 Å². The van der Waals surface area contributed by atoms with E-state index in [1.807, 2.05) is 32.0 Å². The average Bonchev–Trinajstić information content (AvgIpc) is 2.59. The van der Waals surface area contributed by atoms with Gasteiger partial charge in [-0.1, -0.05) is 39.2 Å². The van der Waals surface area contributed by atoms with Crippen molar-refractivity contribution in [1.82, 2.24) is 15.6 Å². The van der Waals surface area contributed by atoms with Crippen LogP contribution in [0.15, 0.2) is 18.2 Å². The van der Waals surface area contributed by atoms with Crippen molar-refractivity contribution in [2.45, 2.75) is 57.9 Å². The second-order valence-corrected chi connectivity index (χ2v) is 6.53. The first-order chi connectivity index (χ1) is 11.0. The lowest BCUT2D eigenvalue weighted by molar-refractivity contribution is -0.130. The highest BCUT2D eigenvalue weighted by molar-refractivity contribution is 5.88. The van der Waals surface area contributed by atoms with Crippen LogP contribution in [0.4, 0.5) is 0 Å². The number of nitrogens with one attached hydrogen (secondary N) is 2. The molecular formula is C18H27N3O2. The number of pyridine rings is 1. The van der Waals surface area contributed by atoms with E-state index in [1.165, 1.54) is 19.3 Å². The Morgan fingerprint density at radius 3 is 2.43 bits per heavy atom. The number of likely N-dealkylation sites (N-methyl/N-ethyl adjacent to an activating group) is 1. The molecule has 1 unspecified atom stereocenters. The van der Waals surface area contributed by atoms with E-state index in [-0.39, 0.29) is 17.7 Å². The number of amides is 2. The molecule has 0 bridgehead atoms. The monoisotopic (exact) mass is 317 g/mol. The minimum atomic E-state index is -0.738. The molecule has 5 heteroatoms. The molecule has 5 nitrogen and oxygen atoms in total. The normalized spacial score (nSPS) is 16.9. The molecule has 0 aliphatic heterocycles. The molecule has 1 fully saturated rings. The highest BCUT2D eigenvalue weighted by atomic mass is 16.2. The van der Waals surface area contributed by atoms with Crippen LogP contribution >= 0.6 is 0 Å². The molecule has 1 aliphatic rings. The van der Waals surface area contributed by atoms with Crippen molar-refractivity contribution < 1.29 is 9.59 Å². The third kappa shape index (κ3) is 4.53. The summed E-state index contributed by atoms with van der Waals surface area (Å²) >= 11 is 0. The van der Waals surface area contributed by atoms with Gasteiger partial charge in [0.1, 0.15) is 0 Å². The number of aromatic nitrogens is 1. The molecule has 0 saturated heterocycles. The summed E-state index contributed by atoms with van der Waals surface area (Å²) in [7, 11) is 1.57. The largest absolute Gasteiger partial charge is 0.357 e. The maximum atomic E-state index is 12.2. The third-order valence-electron chi connectivity index (χ3n) is 4.43. The molecule has 2 rings (SSSR count). The third-order valence-corrected chi connectivity index (χ3v) is 4.43. The minimum Gasteiger partial charge on any atom is -0.357 e. The number of rotatable bonds is 5. The summed E-state index contributed by atoms with van der Waals surface area (Å²) in [5, 5.41) is 5.41. The van der Waals surface area contributed by atoms with Gasteiger partial charge in [-0.3, -0.25) is 14.6 Å². The Bertz CT molecular complexity index is 551. The van der Waals surface area contributed by atoms with Gasteiger partial charge in [-0.05, 0) is 25.0 Å². The summed E-state index contributed by atoms with van der Waals surface area (Å²) in [5.74, 6) is -0.103. The van der Waals surface area contributed by atoms with Crippen LogP contribution in [0.25, 0.3) is 0 Å². The first-order valence-corrected chi connectivity index (χ1v) is 8.51. The van der Waals surface area contributed by atoms with Gasteiger partial charge >= 0.3 is 0 Å². The number of carbonyl (C=O) groups is 2. The van der Waals surface area contributed by atoms with Crippen LogP contribution in [0, 0.1) is 5.92 Å². The summed E-state index contributed by atoms with van der Waals surface area (Å²) < 4.78 is 0. The molecule has 1 heterocycles. The molecule has 2 N–H and O–H groups in total. The van der Waals surface area contributed by atoms with Crippen LogP contribution in [0.2, 0.25) is 0 Å². The number of nitrogens with zero attached hydrogens (tertiary/aromatic N) is 1. The smallest absolute Gasteiger partial charge is 0.248 e. The molecule has 23 heavy (non-hydrogen) atoms. The number of carbonyl (C=O) groups excluding carboxylic acids is 2. The van der Waals surface area contributed by atoms with Gasteiger partial charge < -0.3 is 10.6 Å². The summed E-state index contributed by atoms with van der Waals surface area (Å²) in [6.45, 7) is 3.62. The Kier molecular flexibility index (Phi) is 6.13. The minimum absolute atomic E-state index is 0.150. The summed E-state index contributed by atoms with van der Waals surface area (Å²) in [6.07, 6.45) is 6.07. The van der Waals surface area contributed by atoms with E-state index >= 15 is 0 Å².